The Morgan fingerprint density at radius 3 is 2.71 bits per heavy atom. The van der Waals surface area contributed by atoms with Gasteiger partial charge >= 0.3 is 0 Å². The molecule has 0 aliphatic heterocycles. The summed E-state index contributed by atoms with van der Waals surface area (Å²) < 4.78 is 26.1. The smallest absolute Gasteiger partial charge is 0.208 e. The molecule has 1 aromatic rings. The molecule has 0 saturated carbocycles. The summed E-state index contributed by atoms with van der Waals surface area (Å²) in [6, 6.07) is 1.92. The molecule has 8 nitrogen and oxygen atoms in total. The Morgan fingerprint density at radius 2 is 2.14 bits per heavy atom. The highest BCUT2D eigenvalue weighted by molar-refractivity contribution is 7.88. The van der Waals surface area contributed by atoms with Gasteiger partial charge in [-0.05, 0) is 19.4 Å². The van der Waals surface area contributed by atoms with E-state index in [2.05, 4.69) is 25.4 Å². The second-order valence-electron chi connectivity index (χ2n) is 4.59. The summed E-state index contributed by atoms with van der Waals surface area (Å²) in [6.07, 6.45) is 3.57. The lowest BCUT2D eigenvalue weighted by Gasteiger charge is -2.11. The fraction of sp³-hybridized carbons (Fsp3) is 0.667. The number of aryl methyl sites for hydroxylation is 1. The summed E-state index contributed by atoms with van der Waals surface area (Å²) in [5, 5.41) is 10.4. The first-order valence-corrected chi connectivity index (χ1v) is 8.75. The molecule has 0 fully saturated rings. The predicted molar refractivity (Wildman–Crippen MR) is 83.5 cm³/mol. The Labute approximate surface area is 126 Å². The fourth-order valence-corrected chi connectivity index (χ4v) is 2.13. The van der Waals surface area contributed by atoms with Crippen LogP contribution in [0.15, 0.2) is 17.3 Å². The molecule has 120 valence electrons. The van der Waals surface area contributed by atoms with Crippen molar-refractivity contribution in [2.24, 2.45) is 12.0 Å². The van der Waals surface area contributed by atoms with Crippen molar-refractivity contribution in [2.45, 2.75) is 19.9 Å². The van der Waals surface area contributed by atoms with Gasteiger partial charge in [-0.15, -0.1) is 0 Å². The Hall–Kier alpha value is -1.61. The zero-order valence-electron chi connectivity index (χ0n) is 12.8. The highest BCUT2D eigenvalue weighted by Crippen LogP contribution is 1.97. The zero-order chi connectivity index (χ0) is 15.7. The molecule has 0 atom stereocenters. The maximum atomic E-state index is 10.9. The van der Waals surface area contributed by atoms with Gasteiger partial charge in [-0.1, -0.05) is 0 Å². The molecular weight excluding hydrogens is 292 g/mol. The number of nitrogens with one attached hydrogen (secondary N) is 3. The first-order chi connectivity index (χ1) is 9.92. The van der Waals surface area contributed by atoms with E-state index in [1.807, 2.05) is 20.0 Å². The first kappa shape index (κ1) is 17.4. The Morgan fingerprint density at radius 1 is 1.38 bits per heavy atom. The SMILES string of the molecule is CCNC(=NCc1ccnn1C)NCCCNS(C)(=O)=O. The van der Waals surface area contributed by atoms with Crippen molar-refractivity contribution in [3.8, 4) is 0 Å². The normalized spacial score (nSPS) is 12.4. The second kappa shape index (κ2) is 8.63. The Kier molecular flexibility index (Phi) is 7.17. The third-order valence-electron chi connectivity index (χ3n) is 2.68. The van der Waals surface area contributed by atoms with Crippen LogP contribution in [0.5, 0.6) is 0 Å². The molecule has 1 rings (SSSR count). The molecule has 0 aliphatic carbocycles. The van der Waals surface area contributed by atoms with Gasteiger partial charge in [0.2, 0.25) is 10.0 Å². The van der Waals surface area contributed by atoms with E-state index in [-0.39, 0.29) is 0 Å². The molecule has 0 saturated heterocycles. The standard InChI is InChI=1S/C12H24N6O2S/c1-4-13-12(14-7-5-8-17-21(3,19)20)15-10-11-6-9-16-18(11)2/h6,9,17H,4-5,7-8,10H2,1-3H3,(H2,13,14,15). The molecular formula is C12H24N6O2S. The molecule has 1 aromatic heterocycles. The number of sulfonamides is 1. The van der Waals surface area contributed by atoms with Crippen LogP contribution >= 0.6 is 0 Å². The van der Waals surface area contributed by atoms with Crippen LogP contribution in [0, 0.1) is 0 Å². The van der Waals surface area contributed by atoms with E-state index in [1.165, 1.54) is 0 Å². The van der Waals surface area contributed by atoms with Crippen molar-refractivity contribution in [3.05, 3.63) is 18.0 Å². The van der Waals surface area contributed by atoms with Crippen molar-refractivity contribution in [3.63, 3.8) is 0 Å². The van der Waals surface area contributed by atoms with E-state index < -0.39 is 10.0 Å². The number of hydrogen-bond donors (Lipinski definition) is 3. The van der Waals surface area contributed by atoms with E-state index in [0.29, 0.717) is 32.0 Å². The molecule has 0 aliphatic rings. The van der Waals surface area contributed by atoms with E-state index in [9.17, 15) is 8.42 Å². The largest absolute Gasteiger partial charge is 0.357 e. The molecule has 21 heavy (non-hydrogen) atoms. The Balaban J connectivity index is 2.37. The van der Waals surface area contributed by atoms with E-state index in [1.54, 1.807) is 10.9 Å². The van der Waals surface area contributed by atoms with Gasteiger partial charge < -0.3 is 10.6 Å². The number of aromatic nitrogens is 2. The number of aliphatic imine (C=N–C) groups is 1. The number of hydrogen-bond acceptors (Lipinski definition) is 4. The van der Waals surface area contributed by atoms with Gasteiger partial charge in [-0.2, -0.15) is 5.10 Å². The zero-order valence-corrected chi connectivity index (χ0v) is 13.6. The second-order valence-corrected chi connectivity index (χ2v) is 6.42. The van der Waals surface area contributed by atoms with Gasteiger partial charge in [0.15, 0.2) is 5.96 Å². The van der Waals surface area contributed by atoms with Crippen LogP contribution < -0.4 is 15.4 Å². The van der Waals surface area contributed by atoms with Crippen LogP contribution in [-0.2, 0) is 23.6 Å². The minimum atomic E-state index is -3.11. The summed E-state index contributed by atoms with van der Waals surface area (Å²) in [5.74, 6) is 0.707. The fourth-order valence-electron chi connectivity index (χ4n) is 1.61. The van der Waals surface area contributed by atoms with Crippen molar-refractivity contribution in [2.75, 3.05) is 25.9 Å². The lowest BCUT2D eigenvalue weighted by atomic mass is 10.4. The minimum absolute atomic E-state index is 0.410. The quantitative estimate of drug-likeness (QED) is 0.338. The maximum absolute atomic E-state index is 10.9. The highest BCUT2D eigenvalue weighted by atomic mass is 32.2. The molecule has 0 radical (unpaired) electrons. The molecule has 0 unspecified atom stereocenters. The van der Waals surface area contributed by atoms with Crippen LogP contribution in [0.25, 0.3) is 0 Å². The summed E-state index contributed by atoms with van der Waals surface area (Å²) in [4.78, 5) is 4.46. The number of guanidine groups is 1. The molecule has 0 spiro atoms. The van der Waals surface area contributed by atoms with E-state index in [0.717, 1.165) is 18.5 Å². The molecule has 0 amide bonds. The van der Waals surface area contributed by atoms with E-state index >= 15 is 0 Å². The average molecular weight is 316 g/mol. The summed E-state index contributed by atoms with van der Waals surface area (Å²) in [6.45, 7) is 4.34. The van der Waals surface area contributed by atoms with Gasteiger partial charge in [-0.3, -0.25) is 4.68 Å². The maximum Gasteiger partial charge on any atom is 0.208 e. The lowest BCUT2D eigenvalue weighted by Crippen LogP contribution is -2.38. The molecule has 1 heterocycles. The molecule has 3 N–H and O–H groups in total. The van der Waals surface area contributed by atoms with E-state index in [4.69, 9.17) is 0 Å². The van der Waals surface area contributed by atoms with Crippen molar-refractivity contribution in [1.29, 1.82) is 0 Å². The summed E-state index contributed by atoms with van der Waals surface area (Å²) >= 11 is 0. The van der Waals surface area contributed by atoms with Crippen molar-refractivity contribution < 1.29 is 8.42 Å². The Bertz CT molecular complexity index is 552. The van der Waals surface area contributed by atoms with Gasteiger partial charge in [0, 0.05) is 32.9 Å². The third kappa shape index (κ3) is 7.66. The summed E-state index contributed by atoms with van der Waals surface area (Å²) in [5.41, 5.74) is 1.02. The average Bonchev–Trinajstić information content (AvgIpc) is 2.79. The van der Waals surface area contributed by atoms with Gasteiger partial charge in [0.1, 0.15) is 0 Å². The minimum Gasteiger partial charge on any atom is -0.357 e. The van der Waals surface area contributed by atoms with Crippen LogP contribution in [0.2, 0.25) is 0 Å². The lowest BCUT2D eigenvalue weighted by molar-refractivity contribution is 0.584. The first-order valence-electron chi connectivity index (χ1n) is 6.86. The van der Waals surface area contributed by atoms with Crippen molar-refractivity contribution in [1.82, 2.24) is 25.1 Å². The van der Waals surface area contributed by atoms with Gasteiger partial charge in [0.25, 0.3) is 0 Å². The predicted octanol–water partition coefficient (Wildman–Crippen LogP) is -0.585. The van der Waals surface area contributed by atoms with Crippen LogP contribution in [0.3, 0.4) is 0 Å². The van der Waals surface area contributed by atoms with Gasteiger partial charge in [0.05, 0.1) is 18.5 Å². The summed E-state index contributed by atoms with van der Waals surface area (Å²) in [7, 11) is -1.24. The number of rotatable bonds is 8. The van der Waals surface area contributed by atoms with Crippen LogP contribution in [0.4, 0.5) is 0 Å². The topological polar surface area (TPSA) is 100 Å². The molecule has 0 bridgehead atoms. The third-order valence-corrected chi connectivity index (χ3v) is 3.40. The molecule has 0 aromatic carbocycles. The van der Waals surface area contributed by atoms with Crippen molar-refractivity contribution >= 4 is 16.0 Å². The van der Waals surface area contributed by atoms with Crippen LogP contribution in [-0.4, -0.2) is 50.0 Å². The number of nitrogens with zero attached hydrogens (tertiary/aromatic N) is 3. The highest BCUT2D eigenvalue weighted by Gasteiger charge is 2.01. The van der Waals surface area contributed by atoms with Crippen LogP contribution in [0.1, 0.15) is 19.0 Å². The van der Waals surface area contributed by atoms with Gasteiger partial charge in [-0.25, -0.2) is 18.1 Å². The molecule has 9 heteroatoms. The monoisotopic (exact) mass is 316 g/mol.